The molecule has 1 aliphatic rings. The van der Waals surface area contributed by atoms with Crippen molar-refractivity contribution in [3.05, 3.63) is 32.7 Å². The molecule has 0 spiro atoms. The van der Waals surface area contributed by atoms with Gasteiger partial charge in [0.1, 0.15) is 0 Å². The summed E-state index contributed by atoms with van der Waals surface area (Å²) in [4.78, 5) is 16.9. The summed E-state index contributed by atoms with van der Waals surface area (Å²) in [5.41, 5.74) is 0.735. The van der Waals surface area contributed by atoms with Gasteiger partial charge >= 0.3 is 0 Å². The van der Waals surface area contributed by atoms with Gasteiger partial charge in [-0.05, 0) is 47.1 Å². The molecule has 0 atom stereocenters. The fourth-order valence-corrected chi connectivity index (χ4v) is 3.10. The van der Waals surface area contributed by atoms with Crippen LogP contribution in [0.25, 0.3) is 0 Å². The highest BCUT2D eigenvalue weighted by atomic mass is 79.9. The molecule has 1 fully saturated rings. The Hall–Kier alpha value is -0.390. The summed E-state index contributed by atoms with van der Waals surface area (Å²) in [7, 11) is 0. The maximum Gasteiger partial charge on any atom is 0.255 e. The molecule has 0 aromatic heterocycles. The lowest BCUT2D eigenvalue weighted by atomic mass is 10.2. The normalized spacial score (nSPS) is 16.7. The van der Waals surface area contributed by atoms with Crippen LogP contribution in [0.15, 0.2) is 27.1 Å². The number of carbonyl (C=O) groups excluding carboxylic acids is 1. The molecule has 1 amide bonds. The van der Waals surface area contributed by atoms with Crippen molar-refractivity contribution in [3.8, 4) is 0 Å². The predicted octanol–water partition coefficient (Wildman–Crippen LogP) is 3.38. The first-order valence-electron chi connectivity index (χ1n) is 6.58. The molecular formula is C14H18Br2N2O. The van der Waals surface area contributed by atoms with E-state index < -0.39 is 0 Å². The Bertz CT molecular complexity index is 457. The van der Waals surface area contributed by atoms with E-state index in [0.29, 0.717) is 0 Å². The lowest BCUT2D eigenvalue weighted by Gasteiger charge is -2.34. The molecule has 0 unspecified atom stereocenters. The smallest absolute Gasteiger partial charge is 0.255 e. The van der Waals surface area contributed by atoms with Crippen molar-refractivity contribution in [1.29, 1.82) is 0 Å². The van der Waals surface area contributed by atoms with Crippen LogP contribution < -0.4 is 0 Å². The Morgan fingerprint density at radius 3 is 2.53 bits per heavy atom. The van der Waals surface area contributed by atoms with Gasteiger partial charge in [0.2, 0.25) is 0 Å². The number of rotatable bonds is 3. The Morgan fingerprint density at radius 2 is 1.89 bits per heavy atom. The highest BCUT2D eigenvalue weighted by molar-refractivity contribution is 9.11. The zero-order valence-corrected chi connectivity index (χ0v) is 14.2. The van der Waals surface area contributed by atoms with E-state index in [4.69, 9.17) is 0 Å². The van der Waals surface area contributed by atoms with E-state index in [2.05, 4.69) is 43.7 Å². The van der Waals surface area contributed by atoms with Gasteiger partial charge in [0, 0.05) is 35.1 Å². The minimum absolute atomic E-state index is 0.115. The number of benzene rings is 1. The van der Waals surface area contributed by atoms with Crippen LogP contribution in [0.4, 0.5) is 0 Å². The first kappa shape index (κ1) is 15.0. The second-order valence-corrected chi connectivity index (χ2v) is 6.53. The molecule has 0 saturated carbocycles. The number of hydrogen-bond acceptors (Lipinski definition) is 2. The number of amides is 1. The van der Waals surface area contributed by atoms with Gasteiger partial charge in [0.25, 0.3) is 5.91 Å². The molecule has 1 saturated heterocycles. The van der Waals surface area contributed by atoms with Crippen molar-refractivity contribution in [2.75, 3.05) is 32.7 Å². The molecule has 0 radical (unpaired) electrons. The van der Waals surface area contributed by atoms with E-state index >= 15 is 0 Å². The lowest BCUT2D eigenvalue weighted by Crippen LogP contribution is -2.48. The van der Waals surface area contributed by atoms with Crippen molar-refractivity contribution in [2.24, 2.45) is 0 Å². The molecule has 1 aromatic carbocycles. The number of hydrogen-bond donors (Lipinski definition) is 0. The Balaban J connectivity index is 2.03. The molecule has 3 nitrogen and oxygen atoms in total. The van der Waals surface area contributed by atoms with Gasteiger partial charge in [-0.25, -0.2) is 0 Å². The number of carbonyl (C=O) groups is 1. The third kappa shape index (κ3) is 3.80. The second-order valence-electron chi connectivity index (χ2n) is 4.76. The van der Waals surface area contributed by atoms with Crippen LogP contribution in [0.2, 0.25) is 0 Å². The molecule has 2 rings (SSSR count). The van der Waals surface area contributed by atoms with Crippen molar-refractivity contribution >= 4 is 37.8 Å². The molecule has 1 heterocycles. The monoisotopic (exact) mass is 388 g/mol. The topological polar surface area (TPSA) is 23.6 Å². The fourth-order valence-electron chi connectivity index (χ4n) is 2.32. The molecule has 0 bridgehead atoms. The Morgan fingerprint density at radius 1 is 1.21 bits per heavy atom. The average Bonchev–Trinajstić information content (AvgIpc) is 2.42. The SMILES string of the molecule is CCCN1CCN(C(=O)c2cc(Br)ccc2Br)CC1. The van der Waals surface area contributed by atoms with Crippen molar-refractivity contribution in [3.63, 3.8) is 0 Å². The van der Waals surface area contributed by atoms with Gasteiger partial charge in [0.05, 0.1) is 5.56 Å². The molecule has 5 heteroatoms. The second kappa shape index (κ2) is 6.86. The van der Waals surface area contributed by atoms with Gasteiger partial charge in [-0.3, -0.25) is 9.69 Å². The summed E-state index contributed by atoms with van der Waals surface area (Å²) in [6.07, 6.45) is 1.17. The molecule has 1 aromatic rings. The van der Waals surface area contributed by atoms with E-state index in [1.807, 2.05) is 23.1 Å². The van der Waals surface area contributed by atoms with Gasteiger partial charge in [-0.2, -0.15) is 0 Å². The summed E-state index contributed by atoms with van der Waals surface area (Å²) in [5.74, 6) is 0.115. The molecule has 0 N–H and O–H groups in total. The summed E-state index contributed by atoms with van der Waals surface area (Å²) >= 11 is 6.87. The molecular weight excluding hydrogens is 372 g/mol. The summed E-state index contributed by atoms with van der Waals surface area (Å²) in [6.45, 7) is 6.91. The van der Waals surface area contributed by atoms with Crippen LogP contribution in [-0.2, 0) is 0 Å². The molecule has 1 aliphatic heterocycles. The maximum atomic E-state index is 12.5. The summed E-state index contributed by atoms with van der Waals surface area (Å²) in [6, 6.07) is 5.72. The maximum absolute atomic E-state index is 12.5. The zero-order valence-electron chi connectivity index (χ0n) is 11.0. The van der Waals surface area contributed by atoms with Crippen LogP contribution >= 0.6 is 31.9 Å². The van der Waals surface area contributed by atoms with Crippen LogP contribution in [-0.4, -0.2) is 48.4 Å². The van der Waals surface area contributed by atoms with Crippen molar-refractivity contribution in [2.45, 2.75) is 13.3 Å². The van der Waals surface area contributed by atoms with Gasteiger partial charge in [-0.1, -0.05) is 22.9 Å². The van der Waals surface area contributed by atoms with E-state index in [0.717, 1.165) is 47.2 Å². The van der Waals surface area contributed by atoms with Crippen molar-refractivity contribution in [1.82, 2.24) is 9.80 Å². The van der Waals surface area contributed by atoms with E-state index in [-0.39, 0.29) is 5.91 Å². The minimum Gasteiger partial charge on any atom is -0.336 e. The van der Waals surface area contributed by atoms with E-state index in [9.17, 15) is 4.79 Å². The largest absolute Gasteiger partial charge is 0.336 e. The highest BCUT2D eigenvalue weighted by Crippen LogP contribution is 2.23. The number of nitrogens with zero attached hydrogens (tertiary/aromatic N) is 2. The third-order valence-corrected chi connectivity index (χ3v) is 4.54. The molecule has 104 valence electrons. The van der Waals surface area contributed by atoms with E-state index in [1.165, 1.54) is 6.42 Å². The van der Waals surface area contributed by atoms with Gasteiger partial charge in [0.15, 0.2) is 0 Å². The minimum atomic E-state index is 0.115. The fraction of sp³-hybridized carbons (Fsp3) is 0.500. The lowest BCUT2D eigenvalue weighted by molar-refractivity contribution is 0.0636. The van der Waals surface area contributed by atoms with Crippen LogP contribution in [0.1, 0.15) is 23.7 Å². The Labute approximate surface area is 131 Å². The van der Waals surface area contributed by atoms with Crippen LogP contribution in [0.3, 0.4) is 0 Å². The quantitative estimate of drug-likeness (QED) is 0.791. The molecule has 0 aliphatic carbocycles. The number of halogens is 2. The van der Waals surface area contributed by atoms with Crippen molar-refractivity contribution < 1.29 is 4.79 Å². The summed E-state index contributed by atoms with van der Waals surface area (Å²) in [5, 5.41) is 0. The first-order chi connectivity index (χ1) is 9.11. The van der Waals surface area contributed by atoms with Crippen LogP contribution in [0, 0.1) is 0 Å². The predicted molar refractivity (Wildman–Crippen MR) is 84.5 cm³/mol. The van der Waals surface area contributed by atoms with Gasteiger partial charge < -0.3 is 4.90 Å². The number of piperazine rings is 1. The van der Waals surface area contributed by atoms with E-state index in [1.54, 1.807) is 0 Å². The standard InChI is InChI=1S/C14H18Br2N2O/c1-2-5-17-6-8-18(9-7-17)14(19)12-10-11(15)3-4-13(12)16/h3-4,10H,2,5-9H2,1H3. The average molecular weight is 390 g/mol. The first-order valence-corrected chi connectivity index (χ1v) is 8.17. The van der Waals surface area contributed by atoms with Gasteiger partial charge in [-0.15, -0.1) is 0 Å². The highest BCUT2D eigenvalue weighted by Gasteiger charge is 2.23. The Kier molecular flexibility index (Phi) is 5.42. The molecule has 19 heavy (non-hydrogen) atoms. The summed E-state index contributed by atoms with van der Waals surface area (Å²) < 4.78 is 1.79. The third-order valence-electron chi connectivity index (χ3n) is 3.36. The van der Waals surface area contributed by atoms with Crippen LogP contribution in [0.5, 0.6) is 0 Å². The zero-order chi connectivity index (χ0) is 13.8.